The Morgan fingerprint density at radius 3 is 2.45 bits per heavy atom. The van der Waals surface area contributed by atoms with Crippen LogP contribution in [0.25, 0.3) is 11.5 Å². The zero-order valence-corrected chi connectivity index (χ0v) is 18.2. The molecular formula is C23H22N2O5S. The van der Waals surface area contributed by atoms with E-state index in [1.54, 1.807) is 68.6 Å². The maximum atomic E-state index is 13.7. The van der Waals surface area contributed by atoms with Gasteiger partial charge in [0.15, 0.2) is 5.76 Å². The fourth-order valence-electron chi connectivity index (χ4n) is 3.24. The monoisotopic (exact) mass is 438 g/mol. The number of hydrogen-bond donors (Lipinski definition) is 0. The van der Waals surface area contributed by atoms with E-state index >= 15 is 0 Å². The summed E-state index contributed by atoms with van der Waals surface area (Å²) < 4.78 is 44.7. The van der Waals surface area contributed by atoms with E-state index < -0.39 is 10.0 Å². The van der Waals surface area contributed by atoms with Gasteiger partial charge in [0.05, 0.1) is 30.5 Å². The van der Waals surface area contributed by atoms with Crippen molar-refractivity contribution >= 4 is 15.7 Å². The summed E-state index contributed by atoms with van der Waals surface area (Å²) in [4.78, 5) is 0.248. The summed E-state index contributed by atoms with van der Waals surface area (Å²) in [6.45, 7) is 3.64. The van der Waals surface area contributed by atoms with Gasteiger partial charge in [-0.25, -0.2) is 8.42 Å². The number of anilines is 1. The molecule has 0 saturated heterocycles. The van der Waals surface area contributed by atoms with Crippen LogP contribution in [-0.2, 0) is 16.6 Å². The highest BCUT2D eigenvalue weighted by Crippen LogP contribution is 2.30. The number of hydrogen-bond acceptors (Lipinski definition) is 6. The summed E-state index contributed by atoms with van der Waals surface area (Å²) in [5.41, 5.74) is 2.47. The molecule has 4 rings (SSSR count). The Kier molecular flexibility index (Phi) is 5.56. The summed E-state index contributed by atoms with van der Waals surface area (Å²) >= 11 is 0. The Labute approximate surface area is 180 Å². The summed E-state index contributed by atoms with van der Waals surface area (Å²) in [5, 5.41) is 4.05. The molecule has 7 nitrogen and oxygen atoms in total. The molecule has 2 heterocycles. The second-order valence-electron chi connectivity index (χ2n) is 7.14. The molecule has 0 amide bonds. The van der Waals surface area contributed by atoms with Crippen LogP contribution >= 0.6 is 0 Å². The molecule has 31 heavy (non-hydrogen) atoms. The van der Waals surface area contributed by atoms with Crippen molar-refractivity contribution in [1.82, 2.24) is 5.16 Å². The molecule has 0 aliphatic rings. The van der Waals surface area contributed by atoms with Crippen LogP contribution in [0.15, 0.2) is 80.8 Å². The standard InChI is InChI=1S/C23H22N2O5S/c1-16-6-7-17(2)23(13-16)31(26,27)25(19-8-10-20(28-3)11-9-19)15-18-14-22(30-24-18)21-5-4-12-29-21/h4-14H,15H2,1-3H3. The lowest BCUT2D eigenvalue weighted by molar-refractivity contribution is 0.410. The fraction of sp³-hybridized carbons (Fsp3) is 0.174. The van der Waals surface area contributed by atoms with Crippen LogP contribution in [0.5, 0.6) is 5.75 Å². The van der Waals surface area contributed by atoms with Gasteiger partial charge in [0.25, 0.3) is 10.0 Å². The van der Waals surface area contributed by atoms with Crippen LogP contribution in [0.3, 0.4) is 0 Å². The van der Waals surface area contributed by atoms with Crippen LogP contribution in [0, 0.1) is 13.8 Å². The maximum Gasteiger partial charge on any atom is 0.264 e. The van der Waals surface area contributed by atoms with E-state index in [1.807, 2.05) is 13.0 Å². The number of ether oxygens (including phenoxy) is 1. The lowest BCUT2D eigenvalue weighted by Crippen LogP contribution is -2.31. The van der Waals surface area contributed by atoms with Gasteiger partial charge in [0, 0.05) is 6.07 Å². The molecule has 160 valence electrons. The van der Waals surface area contributed by atoms with Crippen molar-refractivity contribution in [3.63, 3.8) is 0 Å². The van der Waals surface area contributed by atoms with Crippen molar-refractivity contribution in [3.8, 4) is 17.3 Å². The Bertz CT molecular complexity index is 1280. The van der Waals surface area contributed by atoms with E-state index in [9.17, 15) is 8.42 Å². The van der Waals surface area contributed by atoms with Gasteiger partial charge >= 0.3 is 0 Å². The largest absolute Gasteiger partial charge is 0.497 e. The minimum atomic E-state index is -3.88. The molecule has 0 saturated carbocycles. The summed E-state index contributed by atoms with van der Waals surface area (Å²) in [6, 6.07) is 17.4. The number of nitrogens with zero attached hydrogens (tertiary/aromatic N) is 2. The topological polar surface area (TPSA) is 85.8 Å². The third-order valence-electron chi connectivity index (χ3n) is 4.90. The lowest BCUT2D eigenvalue weighted by atomic mass is 10.2. The quantitative estimate of drug-likeness (QED) is 0.406. The zero-order valence-electron chi connectivity index (χ0n) is 17.4. The first kappa shape index (κ1) is 20.7. The molecular weight excluding hydrogens is 416 g/mol. The zero-order chi connectivity index (χ0) is 22.0. The van der Waals surface area contributed by atoms with Gasteiger partial charge in [-0.15, -0.1) is 0 Å². The number of methoxy groups -OCH3 is 1. The lowest BCUT2D eigenvalue weighted by Gasteiger charge is -2.25. The minimum absolute atomic E-state index is 0.00769. The highest BCUT2D eigenvalue weighted by atomic mass is 32.2. The van der Waals surface area contributed by atoms with Crippen LogP contribution < -0.4 is 9.04 Å². The fourth-order valence-corrected chi connectivity index (χ4v) is 4.98. The summed E-state index contributed by atoms with van der Waals surface area (Å²) in [7, 11) is -2.32. The van der Waals surface area contributed by atoms with Gasteiger partial charge in [0.1, 0.15) is 11.4 Å². The van der Waals surface area contributed by atoms with Crippen LogP contribution in [0.1, 0.15) is 16.8 Å². The van der Waals surface area contributed by atoms with E-state index in [0.29, 0.717) is 34.2 Å². The average molecular weight is 439 g/mol. The molecule has 0 spiro atoms. The van der Waals surface area contributed by atoms with Crippen molar-refractivity contribution in [2.45, 2.75) is 25.3 Å². The van der Waals surface area contributed by atoms with E-state index in [2.05, 4.69) is 5.16 Å². The van der Waals surface area contributed by atoms with Gasteiger partial charge in [0.2, 0.25) is 5.76 Å². The van der Waals surface area contributed by atoms with Gasteiger partial charge in [-0.2, -0.15) is 0 Å². The number of aromatic nitrogens is 1. The summed E-state index contributed by atoms with van der Waals surface area (Å²) in [6.07, 6.45) is 1.53. The average Bonchev–Trinajstić information content (AvgIpc) is 3.45. The molecule has 2 aromatic heterocycles. The molecule has 0 unspecified atom stereocenters. The van der Waals surface area contributed by atoms with Gasteiger partial charge < -0.3 is 13.7 Å². The first-order valence-electron chi connectivity index (χ1n) is 9.62. The van der Waals surface area contributed by atoms with Crippen molar-refractivity contribution in [3.05, 3.63) is 83.7 Å². The predicted molar refractivity (Wildman–Crippen MR) is 116 cm³/mol. The number of sulfonamides is 1. The minimum Gasteiger partial charge on any atom is -0.497 e. The smallest absolute Gasteiger partial charge is 0.264 e. The molecule has 4 aromatic rings. The van der Waals surface area contributed by atoms with Crippen molar-refractivity contribution in [1.29, 1.82) is 0 Å². The second-order valence-corrected chi connectivity index (χ2v) is 8.97. The first-order chi connectivity index (χ1) is 14.9. The Morgan fingerprint density at radius 1 is 1.00 bits per heavy atom. The van der Waals surface area contributed by atoms with Gasteiger partial charge in [-0.3, -0.25) is 4.31 Å². The molecule has 0 fully saturated rings. The predicted octanol–water partition coefficient (Wildman–Crippen LogP) is 4.96. The highest BCUT2D eigenvalue weighted by Gasteiger charge is 2.28. The van der Waals surface area contributed by atoms with Crippen molar-refractivity contribution in [2.75, 3.05) is 11.4 Å². The van der Waals surface area contributed by atoms with Crippen LogP contribution in [-0.4, -0.2) is 20.7 Å². The van der Waals surface area contributed by atoms with Crippen molar-refractivity contribution < 1.29 is 22.1 Å². The molecule has 0 aliphatic carbocycles. The Hall–Kier alpha value is -3.52. The molecule has 0 N–H and O–H groups in total. The SMILES string of the molecule is COc1ccc(N(Cc2cc(-c3ccco3)on2)S(=O)(=O)c2cc(C)ccc2C)cc1. The molecule has 0 aliphatic heterocycles. The van der Waals surface area contributed by atoms with Gasteiger partial charge in [-0.1, -0.05) is 17.3 Å². The molecule has 0 bridgehead atoms. The number of furan rings is 1. The molecule has 0 atom stereocenters. The number of benzene rings is 2. The van der Waals surface area contributed by atoms with E-state index in [0.717, 1.165) is 5.56 Å². The van der Waals surface area contributed by atoms with Gasteiger partial charge in [-0.05, 0) is 67.4 Å². The molecule has 8 heteroatoms. The normalized spacial score (nSPS) is 11.5. The highest BCUT2D eigenvalue weighted by molar-refractivity contribution is 7.92. The first-order valence-corrected chi connectivity index (χ1v) is 11.1. The van der Waals surface area contributed by atoms with Crippen LogP contribution in [0.2, 0.25) is 0 Å². The third kappa shape index (κ3) is 4.20. The number of rotatable bonds is 7. The van der Waals surface area contributed by atoms with Crippen LogP contribution in [0.4, 0.5) is 5.69 Å². The second kappa shape index (κ2) is 8.31. The molecule has 0 radical (unpaired) electrons. The molecule has 2 aromatic carbocycles. The maximum absolute atomic E-state index is 13.7. The van der Waals surface area contributed by atoms with E-state index in [-0.39, 0.29) is 11.4 Å². The van der Waals surface area contributed by atoms with E-state index in [1.165, 1.54) is 10.6 Å². The third-order valence-corrected chi connectivity index (χ3v) is 6.82. The van der Waals surface area contributed by atoms with E-state index in [4.69, 9.17) is 13.7 Å². The number of aryl methyl sites for hydroxylation is 2. The Balaban J connectivity index is 1.77. The Morgan fingerprint density at radius 2 is 1.77 bits per heavy atom. The summed E-state index contributed by atoms with van der Waals surface area (Å²) in [5.74, 6) is 1.58. The van der Waals surface area contributed by atoms with Crippen molar-refractivity contribution in [2.24, 2.45) is 0 Å².